The maximum atomic E-state index is 2.46. The number of thiophene rings is 2. The van der Waals surface area contributed by atoms with Gasteiger partial charge in [-0.15, -0.1) is 22.7 Å². The molecule has 10 aromatic rings. The molecular formula is C44H27NS2. The van der Waals surface area contributed by atoms with Gasteiger partial charge in [-0.2, -0.15) is 0 Å². The minimum atomic E-state index is 1.14. The predicted molar refractivity (Wildman–Crippen MR) is 207 cm³/mol. The Labute approximate surface area is 280 Å². The van der Waals surface area contributed by atoms with Crippen molar-refractivity contribution in [2.75, 3.05) is 4.90 Å². The highest BCUT2D eigenvalue weighted by atomic mass is 32.1. The minimum Gasteiger partial charge on any atom is -0.308 e. The van der Waals surface area contributed by atoms with Gasteiger partial charge in [-0.05, 0) is 63.7 Å². The number of benzene rings is 8. The van der Waals surface area contributed by atoms with E-state index in [2.05, 4.69) is 169 Å². The second-order valence-corrected chi connectivity index (χ2v) is 14.2. The van der Waals surface area contributed by atoms with E-state index in [9.17, 15) is 0 Å². The fourth-order valence-corrected chi connectivity index (χ4v) is 9.85. The van der Waals surface area contributed by atoms with E-state index in [0.717, 1.165) is 5.69 Å². The van der Waals surface area contributed by atoms with Crippen molar-refractivity contribution in [3.8, 4) is 11.1 Å². The van der Waals surface area contributed by atoms with Gasteiger partial charge in [-0.1, -0.05) is 127 Å². The summed E-state index contributed by atoms with van der Waals surface area (Å²) >= 11 is 3.83. The highest BCUT2D eigenvalue weighted by Crippen LogP contribution is 2.50. The van der Waals surface area contributed by atoms with Crippen molar-refractivity contribution in [3.63, 3.8) is 0 Å². The van der Waals surface area contributed by atoms with Crippen LogP contribution >= 0.6 is 22.7 Å². The molecule has 0 aliphatic rings. The van der Waals surface area contributed by atoms with Crippen molar-refractivity contribution in [2.24, 2.45) is 0 Å². The van der Waals surface area contributed by atoms with E-state index in [1.807, 2.05) is 22.7 Å². The molecule has 0 bridgehead atoms. The number of nitrogens with zero attached hydrogens (tertiary/aromatic N) is 1. The molecule has 3 heteroatoms. The van der Waals surface area contributed by atoms with Crippen LogP contribution in [-0.4, -0.2) is 0 Å². The van der Waals surface area contributed by atoms with E-state index in [1.165, 1.54) is 84.4 Å². The summed E-state index contributed by atoms with van der Waals surface area (Å²) in [5.74, 6) is 0. The zero-order valence-electron chi connectivity index (χ0n) is 25.4. The molecule has 0 N–H and O–H groups in total. The highest BCUT2D eigenvalue weighted by Gasteiger charge is 2.21. The zero-order valence-corrected chi connectivity index (χ0v) is 27.0. The Kier molecular flexibility index (Phi) is 5.98. The van der Waals surface area contributed by atoms with Crippen molar-refractivity contribution in [3.05, 3.63) is 164 Å². The first-order valence-corrected chi connectivity index (χ1v) is 17.6. The third-order valence-electron chi connectivity index (χ3n) is 9.45. The standard InChI is InChI=1S/C44H27NS2/c1-2-10-28(11-3-1)29-20-23-32(24-21-29)45(37-18-8-14-30-12-4-6-15-33(30)37)38-19-9-17-35-42-40(46-43(35)38)27-25-36-41-34-16-7-5-13-31(34)22-26-39(41)47-44(36)42/h1-27H. The quantitative estimate of drug-likeness (QED) is 0.186. The smallest absolute Gasteiger partial charge is 0.0640 e. The lowest BCUT2D eigenvalue weighted by Crippen LogP contribution is -2.10. The molecule has 0 fully saturated rings. The number of anilines is 3. The summed E-state index contributed by atoms with van der Waals surface area (Å²) in [5, 5.41) is 10.5. The summed E-state index contributed by atoms with van der Waals surface area (Å²) in [7, 11) is 0. The van der Waals surface area contributed by atoms with Gasteiger partial charge in [-0.3, -0.25) is 0 Å². The maximum absolute atomic E-state index is 2.46. The first kappa shape index (κ1) is 26.7. The maximum Gasteiger partial charge on any atom is 0.0640 e. The Morgan fingerprint density at radius 2 is 0.915 bits per heavy atom. The van der Waals surface area contributed by atoms with E-state index < -0.39 is 0 Å². The van der Waals surface area contributed by atoms with E-state index in [-0.39, 0.29) is 0 Å². The van der Waals surface area contributed by atoms with Gasteiger partial charge in [0.15, 0.2) is 0 Å². The van der Waals surface area contributed by atoms with E-state index in [4.69, 9.17) is 0 Å². The van der Waals surface area contributed by atoms with Crippen LogP contribution in [0.15, 0.2) is 164 Å². The number of rotatable bonds is 4. The lowest BCUT2D eigenvalue weighted by atomic mass is 10.0. The van der Waals surface area contributed by atoms with E-state index >= 15 is 0 Å². The van der Waals surface area contributed by atoms with Crippen molar-refractivity contribution < 1.29 is 0 Å². The van der Waals surface area contributed by atoms with Gasteiger partial charge in [0.25, 0.3) is 0 Å². The molecule has 0 amide bonds. The molecule has 47 heavy (non-hydrogen) atoms. The fourth-order valence-electron chi connectivity index (χ4n) is 7.29. The monoisotopic (exact) mass is 633 g/mol. The Morgan fingerprint density at radius 1 is 0.340 bits per heavy atom. The van der Waals surface area contributed by atoms with Crippen LogP contribution in [0.5, 0.6) is 0 Å². The summed E-state index contributed by atoms with van der Waals surface area (Å²) in [6.45, 7) is 0. The molecule has 1 nitrogen and oxygen atoms in total. The molecule has 220 valence electrons. The van der Waals surface area contributed by atoms with Crippen molar-refractivity contribution in [2.45, 2.75) is 0 Å². The number of hydrogen-bond acceptors (Lipinski definition) is 3. The molecule has 0 atom stereocenters. The van der Waals surface area contributed by atoms with Crippen LogP contribution < -0.4 is 4.90 Å². The van der Waals surface area contributed by atoms with Crippen LogP contribution in [-0.2, 0) is 0 Å². The molecule has 2 aromatic heterocycles. The first-order chi connectivity index (χ1) is 23.3. The molecule has 0 spiro atoms. The summed E-state index contributed by atoms with van der Waals surface area (Å²) in [6.07, 6.45) is 0. The Morgan fingerprint density at radius 3 is 1.77 bits per heavy atom. The predicted octanol–water partition coefficient (Wildman–Crippen LogP) is 13.9. The highest BCUT2D eigenvalue weighted by molar-refractivity contribution is 7.30. The van der Waals surface area contributed by atoms with E-state index in [1.54, 1.807) is 0 Å². The van der Waals surface area contributed by atoms with E-state index in [0.29, 0.717) is 0 Å². The van der Waals surface area contributed by atoms with Crippen LogP contribution in [0, 0.1) is 0 Å². The molecule has 0 saturated heterocycles. The molecule has 0 saturated carbocycles. The molecule has 0 unspecified atom stereocenters. The van der Waals surface area contributed by atoms with Gasteiger partial charge in [0.2, 0.25) is 0 Å². The molecule has 2 heterocycles. The van der Waals surface area contributed by atoms with Gasteiger partial charge >= 0.3 is 0 Å². The third-order valence-corrected chi connectivity index (χ3v) is 11.8. The molecule has 8 aromatic carbocycles. The van der Waals surface area contributed by atoms with Crippen LogP contribution in [0.1, 0.15) is 0 Å². The largest absolute Gasteiger partial charge is 0.308 e. The second-order valence-electron chi connectivity index (χ2n) is 12.1. The Bertz CT molecular complexity index is 2780. The fraction of sp³-hybridized carbons (Fsp3) is 0. The second kappa shape index (κ2) is 10.5. The van der Waals surface area contributed by atoms with Crippen LogP contribution in [0.2, 0.25) is 0 Å². The Hall–Kier alpha value is -5.48. The number of hydrogen-bond donors (Lipinski definition) is 0. The minimum absolute atomic E-state index is 1.14. The van der Waals surface area contributed by atoms with Crippen LogP contribution in [0.3, 0.4) is 0 Å². The van der Waals surface area contributed by atoms with Gasteiger partial charge in [0.1, 0.15) is 0 Å². The molecule has 10 rings (SSSR count). The summed E-state index contributed by atoms with van der Waals surface area (Å²) in [6, 6.07) is 59.9. The van der Waals surface area contributed by atoms with Crippen LogP contribution in [0.4, 0.5) is 17.1 Å². The van der Waals surface area contributed by atoms with Crippen molar-refractivity contribution in [1.29, 1.82) is 0 Å². The lowest BCUT2D eigenvalue weighted by molar-refractivity contribution is 1.32. The molecule has 0 aliphatic carbocycles. The SMILES string of the molecule is c1ccc(-c2ccc(N(c3cccc4ccccc34)c3cccc4c3sc3ccc5c(sc6ccc7ccccc7c65)c34)cc2)cc1. The lowest BCUT2D eigenvalue weighted by Gasteiger charge is -2.27. The van der Waals surface area contributed by atoms with Crippen LogP contribution in [0.25, 0.3) is 73.0 Å². The summed E-state index contributed by atoms with van der Waals surface area (Å²) in [4.78, 5) is 2.46. The van der Waals surface area contributed by atoms with Crippen molar-refractivity contribution in [1.82, 2.24) is 0 Å². The third kappa shape index (κ3) is 4.14. The summed E-state index contributed by atoms with van der Waals surface area (Å²) in [5.41, 5.74) is 5.96. The van der Waals surface area contributed by atoms with Gasteiger partial charge in [0.05, 0.1) is 16.1 Å². The summed E-state index contributed by atoms with van der Waals surface area (Å²) < 4.78 is 5.35. The zero-order chi connectivity index (χ0) is 30.9. The average Bonchev–Trinajstić information content (AvgIpc) is 3.72. The van der Waals surface area contributed by atoms with Gasteiger partial charge in [-0.25, -0.2) is 0 Å². The molecular weight excluding hydrogens is 607 g/mol. The molecule has 0 radical (unpaired) electrons. The molecule has 0 aliphatic heterocycles. The van der Waals surface area contributed by atoms with Gasteiger partial charge in [0, 0.05) is 46.7 Å². The topological polar surface area (TPSA) is 3.24 Å². The normalized spacial score (nSPS) is 11.8. The average molecular weight is 634 g/mol. The first-order valence-electron chi connectivity index (χ1n) is 15.9. The van der Waals surface area contributed by atoms with Crippen molar-refractivity contribution >= 4 is 102 Å². The van der Waals surface area contributed by atoms with Gasteiger partial charge < -0.3 is 4.90 Å². The Balaban J connectivity index is 1.24. The number of fused-ring (bicyclic) bond motifs is 10.